The van der Waals surface area contributed by atoms with Crippen molar-refractivity contribution in [2.24, 2.45) is 5.92 Å². The zero-order chi connectivity index (χ0) is 8.23. The molecule has 1 saturated heterocycles. The van der Waals surface area contributed by atoms with Crippen molar-refractivity contribution in [1.29, 1.82) is 0 Å². The molecule has 1 fully saturated rings. The molecule has 0 aliphatic carbocycles. The second-order valence-corrected chi connectivity index (χ2v) is 3.53. The molecule has 12 heavy (non-hydrogen) atoms. The van der Waals surface area contributed by atoms with E-state index in [9.17, 15) is 0 Å². The van der Waals surface area contributed by atoms with Crippen molar-refractivity contribution in [2.75, 3.05) is 19.8 Å². The number of rotatable bonds is 1. The molecule has 0 aromatic carbocycles. The Morgan fingerprint density at radius 2 is 1.92 bits per heavy atom. The average molecular weight is 168 g/mol. The molecule has 2 rings (SSSR count). The van der Waals surface area contributed by atoms with Gasteiger partial charge in [-0.1, -0.05) is 12.2 Å². The van der Waals surface area contributed by atoms with Gasteiger partial charge in [0.05, 0.1) is 12.7 Å². The van der Waals surface area contributed by atoms with E-state index < -0.39 is 0 Å². The second-order valence-electron chi connectivity index (χ2n) is 3.53. The van der Waals surface area contributed by atoms with Gasteiger partial charge in [0.15, 0.2) is 0 Å². The fourth-order valence-corrected chi connectivity index (χ4v) is 1.96. The first kappa shape index (κ1) is 8.27. The summed E-state index contributed by atoms with van der Waals surface area (Å²) in [6, 6.07) is 0. The van der Waals surface area contributed by atoms with Crippen LogP contribution < -0.4 is 0 Å². The topological polar surface area (TPSA) is 18.5 Å². The van der Waals surface area contributed by atoms with Crippen LogP contribution in [0.1, 0.15) is 19.3 Å². The maximum Gasteiger partial charge on any atom is 0.0651 e. The molecule has 68 valence electrons. The van der Waals surface area contributed by atoms with Crippen molar-refractivity contribution in [3.63, 3.8) is 0 Å². The third kappa shape index (κ3) is 1.87. The van der Waals surface area contributed by atoms with Crippen LogP contribution in [0.4, 0.5) is 0 Å². The van der Waals surface area contributed by atoms with Crippen molar-refractivity contribution in [3.05, 3.63) is 12.2 Å². The minimum atomic E-state index is 0.471. The van der Waals surface area contributed by atoms with E-state index in [1.54, 1.807) is 0 Å². The van der Waals surface area contributed by atoms with Gasteiger partial charge in [0, 0.05) is 13.2 Å². The molecule has 2 aliphatic heterocycles. The van der Waals surface area contributed by atoms with E-state index in [2.05, 4.69) is 12.2 Å². The molecule has 2 heterocycles. The minimum absolute atomic E-state index is 0.471. The first-order valence-corrected chi connectivity index (χ1v) is 4.81. The summed E-state index contributed by atoms with van der Waals surface area (Å²) >= 11 is 0. The number of ether oxygens (including phenoxy) is 2. The van der Waals surface area contributed by atoms with E-state index in [0.29, 0.717) is 6.10 Å². The maximum atomic E-state index is 5.68. The van der Waals surface area contributed by atoms with Gasteiger partial charge in [0.25, 0.3) is 0 Å². The van der Waals surface area contributed by atoms with Gasteiger partial charge in [-0.05, 0) is 25.2 Å². The highest BCUT2D eigenvalue weighted by molar-refractivity contribution is 4.91. The van der Waals surface area contributed by atoms with Gasteiger partial charge in [0.1, 0.15) is 0 Å². The first-order chi connectivity index (χ1) is 5.97. The highest BCUT2D eigenvalue weighted by Gasteiger charge is 2.24. The Labute approximate surface area is 73.5 Å². The van der Waals surface area contributed by atoms with Crippen LogP contribution >= 0.6 is 0 Å². The van der Waals surface area contributed by atoms with Crippen molar-refractivity contribution in [2.45, 2.75) is 25.4 Å². The Bertz CT molecular complexity index is 159. The van der Waals surface area contributed by atoms with Crippen LogP contribution in [-0.2, 0) is 9.47 Å². The predicted molar refractivity (Wildman–Crippen MR) is 47.0 cm³/mol. The molecular weight excluding hydrogens is 152 g/mol. The monoisotopic (exact) mass is 168 g/mol. The van der Waals surface area contributed by atoms with Gasteiger partial charge in [-0.2, -0.15) is 0 Å². The average Bonchev–Trinajstić information content (AvgIpc) is 2.21. The summed E-state index contributed by atoms with van der Waals surface area (Å²) in [6.07, 6.45) is 8.28. The molecule has 0 radical (unpaired) electrons. The Kier molecular flexibility index (Phi) is 2.79. The normalized spacial score (nSPS) is 32.2. The Balaban J connectivity index is 1.85. The molecule has 1 unspecified atom stereocenters. The van der Waals surface area contributed by atoms with E-state index in [1.165, 1.54) is 12.8 Å². The lowest BCUT2D eigenvalue weighted by atomic mass is 9.91. The molecule has 2 heteroatoms. The summed E-state index contributed by atoms with van der Waals surface area (Å²) in [6.45, 7) is 2.66. The summed E-state index contributed by atoms with van der Waals surface area (Å²) in [4.78, 5) is 0. The van der Waals surface area contributed by atoms with E-state index in [0.717, 1.165) is 32.2 Å². The first-order valence-electron chi connectivity index (χ1n) is 4.81. The Morgan fingerprint density at radius 3 is 2.58 bits per heavy atom. The lowest BCUT2D eigenvalue weighted by Crippen LogP contribution is -2.30. The SMILES string of the molecule is C1=CCC(C2CCOCC2)OC1. The van der Waals surface area contributed by atoms with E-state index in [1.807, 2.05) is 0 Å². The quantitative estimate of drug-likeness (QED) is 0.555. The molecule has 1 atom stereocenters. The van der Waals surface area contributed by atoms with Gasteiger partial charge >= 0.3 is 0 Å². The van der Waals surface area contributed by atoms with Crippen LogP contribution in [-0.4, -0.2) is 25.9 Å². The maximum absolute atomic E-state index is 5.68. The second kappa shape index (κ2) is 4.06. The van der Waals surface area contributed by atoms with Gasteiger partial charge in [-0.3, -0.25) is 0 Å². The molecule has 0 aromatic heterocycles. The number of hydrogen-bond donors (Lipinski definition) is 0. The molecule has 0 bridgehead atoms. The largest absolute Gasteiger partial charge is 0.381 e. The third-order valence-electron chi connectivity index (χ3n) is 2.73. The summed E-state index contributed by atoms with van der Waals surface area (Å²) in [5.41, 5.74) is 0. The van der Waals surface area contributed by atoms with E-state index in [-0.39, 0.29) is 0 Å². The van der Waals surface area contributed by atoms with Crippen LogP contribution in [0.3, 0.4) is 0 Å². The molecule has 0 saturated carbocycles. The van der Waals surface area contributed by atoms with Gasteiger partial charge in [0.2, 0.25) is 0 Å². The smallest absolute Gasteiger partial charge is 0.0651 e. The van der Waals surface area contributed by atoms with Crippen LogP contribution in [0, 0.1) is 5.92 Å². The minimum Gasteiger partial charge on any atom is -0.381 e. The fourth-order valence-electron chi connectivity index (χ4n) is 1.96. The third-order valence-corrected chi connectivity index (χ3v) is 2.73. The van der Waals surface area contributed by atoms with Crippen molar-refractivity contribution >= 4 is 0 Å². The van der Waals surface area contributed by atoms with Gasteiger partial charge in [-0.15, -0.1) is 0 Å². The summed E-state index contributed by atoms with van der Waals surface area (Å²) in [5.74, 6) is 0.740. The van der Waals surface area contributed by atoms with Crippen LogP contribution in [0.25, 0.3) is 0 Å². The van der Waals surface area contributed by atoms with Crippen LogP contribution in [0.2, 0.25) is 0 Å². The molecule has 0 spiro atoms. The van der Waals surface area contributed by atoms with Crippen molar-refractivity contribution in [3.8, 4) is 0 Å². The highest BCUT2D eigenvalue weighted by Crippen LogP contribution is 2.25. The molecule has 2 aliphatic rings. The number of hydrogen-bond acceptors (Lipinski definition) is 2. The molecule has 0 aromatic rings. The molecule has 2 nitrogen and oxygen atoms in total. The van der Waals surface area contributed by atoms with Crippen LogP contribution in [0.5, 0.6) is 0 Å². The Hall–Kier alpha value is -0.340. The van der Waals surface area contributed by atoms with Crippen molar-refractivity contribution in [1.82, 2.24) is 0 Å². The Morgan fingerprint density at radius 1 is 1.08 bits per heavy atom. The molecule has 0 amide bonds. The van der Waals surface area contributed by atoms with Crippen molar-refractivity contribution < 1.29 is 9.47 Å². The van der Waals surface area contributed by atoms with E-state index in [4.69, 9.17) is 9.47 Å². The zero-order valence-corrected chi connectivity index (χ0v) is 7.37. The van der Waals surface area contributed by atoms with Gasteiger partial charge < -0.3 is 9.47 Å². The lowest BCUT2D eigenvalue weighted by molar-refractivity contribution is -0.0273. The summed E-state index contributed by atoms with van der Waals surface area (Å²) in [7, 11) is 0. The fraction of sp³-hybridized carbons (Fsp3) is 0.800. The zero-order valence-electron chi connectivity index (χ0n) is 7.37. The molecule has 0 N–H and O–H groups in total. The highest BCUT2D eigenvalue weighted by atomic mass is 16.5. The predicted octanol–water partition coefficient (Wildman–Crippen LogP) is 1.76. The van der Waals surface area contributed by atoms with E-state index >= 15 is 0 Å². The summed E-state index contributed by atoms with van der Waals surface area (Å²) in [5, 5.41) is 0. The standard InChI is InChI=1S/C10H16O2/c1-2-6-12-10(3-1)9-4-7-11-8-5-9/h1-2,9-10H,3-8H2. The summed E-state index contributed by atoms with van der Waals surface area (Å²) < 4.78 is 11.0. The molecular formula is C10H16O2. The van der Waals surface area contributed by atoms with Gasteiger partial charge in [-0.25, -0.2) is 0 Å². The lowest BCUT2D eigenvalue weighted by Gasteiger charge is -2.30. The van der Waals surface area contributed by atoms with Crippen LogP contribution in [0.15, 0.2) is 12.2 Å².